The maximum absolute atomic E-state index is 14.0. The zero-order chi connectivity index (χ0) is 24.1. The van der Waals surface area contributed by atoms with Gasteiger partial charge in [0.2, 0.25) is 11.4 Å². The molecule has 4 N–H and O–H groups in total. The first-order valence-electron chi connectivity index (χ1n) is 9.68. The number of rotatable bonds is 5. The number of anilines is 1. The predicted octanol–water partition coefficient (Wildman–Crippen LogP) is 1.11. The van der Waals surface area contributed by atoms with Gasteiger partial charge in [-0.3, -0.25) is 23.9 Å². The molecule has 0 saturated carbocycles. The van der Waals surface area contributed by atoms with E-state index in [2.05, 4.69) is 4.98 Å². The summed E-state index contributed by atoms with van der Waals surface area (Å²) < 4.78 is 48.2. The van der Waals surface area contributed by atoms with Crippen LogP contribution in [0.1, 0.15) is 18.1 Å². The number of hydrogen-bond acceptors (Lipinski definition) is 5. The summed E-state index contributed by atoms with van der Waals surface area (Å²) in [5, 5.41) is 4.32. The maximum Gasteiger partial charge on any atom is 0.425 e. The van der Waals surface area contributed by atoms with E-state index in [9.17, 15) is 32.3 Å². The van der Waals surface area contributed by atoms with Crippen LogP contribution >= 0.6 is 0 Å². The number of fused-ring (bicyclic) bond motifs is 2. The van der Waals surface area contributed by atoms with Crippen molar-refractivity contribution in [2.24, 2.45) is 0 Å². The van der Waals surface area contributed by atoms with Crippen molar-refractivity contribution in [3.63, 3.8) is 0 Å². The number of aromatic amines is 2. The Hall–Kier alpha value is -4.03. The van der Waals surface area contributed by atoms with Crippen LogP contribution in [-0.4, -0.2) is 39.6 Å². The lowest BCUT2D eigenvalue weighted by Gasteiger charge is -2.29. The van der Waals surface area contributed by atoms with Crippen molar-refractivity contribution in [3.8, 4) is 5.75 Å². The molecule has 33 heavy (non-hydrogen) atoms. The van der Waals surface area contributed by atoms with Gasteiger partial charge >= 0.3 is 11.9 Å². The number of aromatic nitrogens is 3. The monoisotopic (exact) mass is 465 g/mol. The van der Waals surface area contributed by atoms with Gasteiger partial charge in [0, 0.05) is 30.6 Å². The van der Waals surface area contributed by atoms with E-state index in [1.165, 1.54) is 7.11 Å². The highest BCUT2D eigenvalue weighted by molar-refractivity contribution is 6.07. The minimum Gasteiger partial charge on any atom is -0.497 e. The van der Waals surface area contributed by atoms with Crippen molar-refractivity contribution in [2.45, 2.75) is 31.6 Å². The molecule has 174 valence electrons. The molecular formula is C20H18F3N5O5. The fraction of sp³-hybridized carbons (Fsp3) is 0.300. The normalized spacial score (nSPS) is 17.7. The van der Waals surface area contributed by atoms with E-state index in [0.717, 1.165) is 28.0 Å². The summed E-state index contributed by atoms with van der Waals surface area (Å²) in [4.78, 5) is 53.8. The Morgan fingerprint density at radius 3 is 2.61 bits per heavy atom. The molecular weight excluding hydrogens is 447 g/mol. The number of carbonyl (C=O) groups excluding carboxylic acids is 2. The van der Waals surface area contributed by atoms with E-state index in [0.29, 0.717) is 5.75 Å². The Bertz CT molecular complexity index is 1400. The molecule has 3 heterocycles. The largest absolute Gasteiger partial charge is 0.497 e. The molecule has 1 unspecified atom stereocenters. The summed E-state index contributed by atoms with van der Waals surface area (Å²) in [7, 11) is 1.50. The van der Waals surface area contributed by atoms with Crippen molar-refractivity contribution < 1.29 is 27.5 Å². The van der Waals surface area contributed by atoms with Gasteiger partial charge in [-0.25, -0.2) is 4.79 Å². The lowest BCUT2D eigenvalue weighted by atomic mass is 9.92. The van der Waals surface area contributed by atoms with Crippen LogP contribution < -0.4 is 26.6 Å². The number of ether oxygens (including phenoxy) is 1. The molecule has 4 rings (SSSR count). The number of benzene rings is 1. The molecule has 1 atom stereocenters. The van der Waals surface area contributed by atoms with Crippen molar-refractivity contribution in [3.05, 3.63) is 56.4 Å². The fourth-order valence-corrected chi connectivity index (χ4v) is 4.03. The molecule has 1 aromatic carbocycles. The maximum atomic E-state index is 14.0. The average molecular weight is 465 g/mol. The molecule has 2 amide bonds. The molecule has 1 aliphatic rings. The Morgan fingerprint density at radius 1 is 1.24 bits per heavy atom. The number of aryl methyl sites for hydroxylation is 1. The topological polar surface area (TPSA) is 138 Å². The summed E-state index contributed by atoms with van der Waals surface area (Å²) in [6.07, 6.45) is -3.51. The number of amides is 2. The van der Waals surface area contributed by atoms with Gasteiger partial charge in [0.1, 0.15) is 17.1 Å². The molecule has 0 bridgehead atoms. The van der Waals surface area contributed by atoms with Crippen LogP contribution in [0.2, 0.25) is 0 Å². The molecule has 0 saturated heterocycles. The second-order valence-corrected chi connectivity index (χ2v) is 7.49. The van der Waals surface area contributed by atoms with E-state index < -0.39 is 46.2 Å². The van der Waals surface area contributed by atoms with Gasteiger partial charge in [-0.1, -0.05) is 0 Å². The van der Waals surface area contributed by atoms with E-state index in [-0.39, 0.29) is 13.0 Å². The van der Waals surface area contributed by atoms with Crippen LogP contribution in [0, 0.1) is 0 Å². The van der Waals surface area contributed by atoms with Crippen molar-refractivity contribution >= 4 is 28.5 Å². The first kappa shape index (κ1) is 22.2. The highest BCUT2D eigenvalue weighted by Gasteiger charge is 2.68. The minimum atomic E-state index is -5.35. The summed E-state index contributed by atoms with van der Waals surface area (Å²) in [5.41, 5.74) is -5.63. The van der Waals surface area contributed by atoms with Gasteiger partial charge in [0.25, 0.3) is 11.5 Å². The third kappa shape index (κ3) is 3.36. The van der Waals surface area contributed by atoms with Gasteiger partial charge in [-0.2, -0.15) is 13.2 Å². The Kier molecular flexibility index (Phi) is 5.06. The van der Waals surface area contributed by atoms with Crippen molar-refractivity contribution in [1.82, 2.24) is 19.9 Å². The molecule has 13 heteroatoms. The van der Waals surface area contributed by atoms with E-state index in [1.54, 1.807) is 29.7 Å². The number of halogens is 3. The summed E-state index contributed by atoms with van der Waals surface area (Å²) in [6, 6.07) is 5.29. The molecule has 10 nitrogen and oxygen atoms in total. The molecule has 1 aliphatic heterocycles. The predicted molar refractivity (Wildman–Crippen MR) is 110 cm³/mol. The second-order valence-electron chi connectivity index (χ2n) is 7.49. The number of methoxy groups -OCH3 is 1. The van der Waals surface area contributed by atoms with E-state index in [4.69, 9.17) is 4.74 Å². The minimum absolute atomic E-state index is 0.167. The van der Waals surface area contributed by atoms with Gasteiger partial charge in [0.05, 0.1) is 7.11 Å². The van der Waals surface area contributed by atoms with Gasteiger partial charge < -0.3 is 20.4 Å². The Morgan fingerprint density at radius 2 is 1.97 bits per heavy atom. The SMILES string of the molecule is COc1ccc2[nH]cc(CCn3c4c(c(=O)[nH]c3=O)C(NC(C)=O)(C(F)(F)F)C(=O)N4)c2c1. The van der Waals surface area contributed by atoms with Crippen LogP contribution in [0.15, 0.2) is 34.0 Å². The summed E-state index contributed by atoms with van der Waals surface area (Å²) >= 11 is 0. The second kappa shape index (κ2) is 7.53. The molecule has 0 spiro atoms. The van der Waals surface area contributed by atoms with Crippen molar-refractivity contribution in [1.29, 1.82) is 0 Å². The summed E-state index contributed by atoms with van der Waals surface area (Å²) in [6.45, 7) is 0.616. The van der Waals surface area contributed by atoms with Crippen LogP contribution in [0.4, 0.5) is 19.0 Å². The Balaban J connectivity index is 1.81. The number of carbonyl (C=O) groups is 2. The lowest BCUT2D eigenvalue weighted by molar-refractivity contribution is -0.200. The van der Waals surface area contributed by atoms with Gasteiger partial charge in [0.15, 0.2) is 0 Å². The first-order valence-corrected chi connectivity index (χ1v) is 9.68. The summed E-state index contributed by atoms with van der Waals surface area (Å²) in [5.74, 6) is -2.89. The average Bonchev–Trinajstić information content (AvgIpc) is 3.26. The van der Waals surface area contributed by atoms with Crippen LogP contribution in [0.5, 0.6) is 5.75 Å². The zero-order valence-electron chi connectivity index (χ0n) is 17.3. The highest BCUT2D eigenvalue weighted by Crippen LogP contribution is 2.44. The fourth-order valence-electron chi connectivity index (χ4n) is 4.03. The molecule has 2 aromatic heterocycles. The first-order chi connectivity index (χ1) is 15.5. The molecule has 0 radical (unpaired) electrons. The number of alkyl halides is 3. The molecule has 0 fully saturated rings. The third-order valence-corrected chi connectivity index (χ3v) is 5.52. The number of hydrogen-bond donors (Lipinski definition) is 4. The van der Waals surface area contributed by atoms with Crippen LogP contribution in [0.25, 0.3) is 10.9 Å². The number of nitrogens with one attached hydrogen (secondary N) is 4. The quantitative estimate of drug-likeness (QED) is 0.447. The third-order valence-electron chi connectivity index (χ3n) is 5.52. The standard InChI is InChI=1S/C20H18F3N5O5/c1-9(29)27-19(20(21,22)23)14-15(25-17(19)31)28(18(32)26-16(14)30)6-5-10-8-24-13-4-3-11(33-2)7-12(10)13/h3-4,7-8,24H,5-6H2,1-2H3,(H,25,31)(H,27,29)(H,26,30,32). The van der Waals surface area contributed by atoms with E-state index in [1.807, 2.05) is 10.3 Å². The molecule has 3 aromatic rings. The highest BCUT2D eigenvalue weighted by atomic mass is 19.4. The molecule has 0 aliphatic carbocycles. The van der Waals surface area contributed by atoms with Crippen molar-refractivity contribution in [2.75, 3.05) is 12.4 Å². The smallest absolute Gasteiger partial charge is 0.425 e. The van der Waals surface area contributed by atoms with Crippen LogP contribution in [-0.2, 0) is 28.1 Å². The van der Waals surface area contributed by atoms with Gasteiger partial charge in [-0.05, 0) is 30.2 Å². The van der Waals surface area contributed by atoms with Gasteiger partial charge in [-0.15, -0.1) is 0 Å². The number of nitrogens with zero attached hydrogens (tertiary/aromatic N) is 1. The number of H-pyrrole nitrogens is 2. The zero-order valence-corrected chi connectivity index (χ0v) is 17.3. The van der Waals surface area contributed by atoms with Crippen LogP contribution in [0.3, 0.4) is 0 Å². The van der Waals surface area contributed by atoms with E-state index >= 15 is 0 Å². The lowest BCUT2D eigenvalue weighted by Crippen LogP contribution is -2.61. The Labute approximate surface area is 182 Å².